The number of amides is 1. The van der Waals surface area contributed by atoms with Crippen molar-refractivity contribution in [3.8, 4) is 17.2 Å². The molecule has 1 heterocycles. The summed E-state index contributed by atoms with van der Waals surface area (Å²) in [7, 11) is 0. The van der Waals surface area contributed by atoms with Gasteiger partial charge in [0.1, 0.15) is 29.6 Å². The Kier molecular flexibility index (Phi) is 7.24. The Bertz CT molecular complexity index is 1400. The molecule has 10 heteroatoms. The Morgan fingerprint density at radius 2 is 1.83 bits per heavy atom. The molecule has 0 saturated heterocycles. The summed E-state index contributed by atoms with van der Waals surface area (Å²) < 4.78 is 17.0. The molecule has 0 unspecified atom stereocenters. The Labute approximate surface area is 210 Å². The predicted molar refractivity (Wildman–Crippen MR) is 132 cm³/mol. The number of non-ortho nitro benzene ring substituents is 1. The number of halogens is 2. The molecule has 0 bridgehead atoms. The molecule has 1 N–H and O–H groups in total. The smallest absolute Gasteiger partial charge is 0.291 e. The minimum Gasteiger partial charge on any atom is -0.484 e. The lowest BCUT2D eigenvalue weighted by Crippen LogP contribution is -2.11. The average molecular weight is 513 g/mol. The first-order chi connectivity index (χ1) is 16.8. The lowest BCUT2D eigenvalue weighted by Gasteiger charge is -2.11. The van der Waals surface area contributed by atoms with Gasteiger partial charge in [-0.05, 0) is 55.0 Å². The second kappa shape index (κ2) is 10.5. The summed E-state index contributed by atoms with van der Waals surface area (Å²) in [5, 5.41) is 15.0. The second-order valence-corrected chi connectivity index (χ2v) is 8.27. The molecule has 1 aromatic heterocycles. The summed E-state index contributed by atoms with van der Waals surface area (Å²) in [6, 6.07) is 19.0. The molecule has 8 nitrogen and oxygen atoms in total. The third-order valence-electron chi connectivity index (χ3n) is 4.82. The normalized spacial score (nSPS) is 10.6. The standard InChI is InChI=1S/C25H18Cl2N2O6/c1-15-10-16(26)6-8-22(15)35-20-12-17(11-18(13-20)29(31)32)28-25(30)24-9-7-19(34-24)14-33-23-5-3-2-4-21(23)27/h2-13H,14H2,1H3,(H,28,30). The summed E-state index contributed by atoms with van der Waals surface area (Å²) in [4.78, 5) is 23.6. The number of nitro benzene ring substituents is 1. The third kappa shape index (κ3) is 6.11. The lowest BCUT2D eigenvalue weighted by molar-refractivity contribution is -0.384. The van der Waals surface area contributed by atoms with Gasteiger partial charge in [0.25, 0.3) is 11.6 Å². The van der Waals surface area contributed by atoms with Gasteiger partial charge < -0.3 is 19.2 Å². The molecule has 1 amide bonds. The molecule has 4 aromatic rings. The van der Waals surface area contributed by atoms with E-state index in [2.05, 4.69) is 5.32 Å². The maximum atomic E-state index is 12.7. The zero-order valence-electron chi connectivity index (χ0n) is 18.3. The van der Waals surface area contributed by atoms with Crippen molar-refractivity contribution in [2.45, 2.75) is 13.5 Å². The van der Waals surface area contributed by atoms with Gasteiger partial charge in [-0.15, -0.1) is 0 Å². The number of para-hydroxylation sites is 1. The molecule has 3 aromatic carbocycles. The highest BCUT2D eigenvalue weighted by Crippen LogP contribution is 2.32. The number of hydrogen-bond donors (Lipinski definition) is 1. The number of nitro groups is 1. The Hall–Kier alpha value is -4.01. The summed E-state index contributed by atoms with van der Waals surface area (Å²) in [6.07, 6.45) is 0. The van der Waals surface area contributed by atoms with Gasteiger partial charge in [-0.25, -0.2) is 0 Å². The highest BCUT2D eigenvalue weighted by molar-refractivity contribution is 6.32. The third-order valence-corrected chi connectivity index (χ3v) is 5.36. The number of furan rings is 1. The van der Waals surface area contributed by atoms with Crippen molar-refractivity contribution in [3.63, 3.8) is 0 Å². The zero-order valence-corrected chi connectivity index (χ0v) is 19.8. The molecule has 0 saturated carbocycles. The van der Waals surface area contributed by atoms with Crippen molar-refractivity contribution in [3.05, 3.63) is 110 Å². The van der Waals surface area contributed by atoms with Crippen molar-refractivity contribution in [1.29, 1.82) is 0 Å². The van der Waals surface area contributed by atoms with Crippen molar-refractivity contribution in [1.82, 2.24) is 0 Å². The van der Waals surface area contributed by atoms with Gasteiger partial charge >= 0.3 is 0 Å². The van der Waals surface area contributed by atoms with Crippen LogP contribution < -0.4 is 14.8 Å². The van der Waals surface area contributed by atoms with E-state index in [1.807, 2.05) is 0 Å². The number of carbonyl (C=O) groups excluding carboxylic acids is 1. The fourth-order valence-electron chi connectivity index (χ4n) is 3.16. The number of benzene rings is 3. The molecule has 0 spiro atoms. The van der Waals surface area contributed by atoms with Crippen LogP contribution in [-0.4, -0.2) is 10.8 Å². The first-order valence-corrected chi connectivity index (χ1v) is 11.0. The van der Waals surface area contributed by atoms with Crippen LogP contribution in [0.15, 0.2) is 77.2 Å². The second-order valence-electron chi connectivity index (χ2n) is 7.42. The molecule has 0 aliphatic carbocycles. The maximum Gasteiger partial charge on any atom is 0.291 e. The van der Waals surface area contributed by atoms with Crippen LogP contribution in [-0.2, 0) is 6.61 Å². The molecule has 4 rings (SSSR count). The predicted octanol–water partition coefficient (Wildman–Crippen LogP) is 7.43. The first-order valence-electron chi connectivity index (χ1n) is 10.3. The minimum atomic E-state index is -0.594. The molecular formula is C25H18Cl2N2O6. The van der Waals surface area contributed by atoms with E-state index in [0.717, 1.165) is 5.56 Å². The Morgan fingerprint density at radius 1 is 1.03 bits per heavy atom. The molecule has 0 fully saturated rings. The monoisotopic (exact) mass is 512 g/mol. The fraction of sp³-hybridized carbons (Fsp3) is 0.0800. The zero-order chi connectivity index (χ0) is 24.9. The van der Waals surface area contributed by atoms with E-state index in [9.17, 15) is 14.9 Å². The van der Waals surface area contributed by atoms with E-state index in [1.54, 1.807) is 55.5 Å². The van der Waals surface area contributed by atoms with Gasteiger partial charge in [0, 0.05) is 17.2 Å². The Morgan fingerprint density at radius 3 is 2.57 bits per heavy atom. The van der Waals surface area contributed by atoms with Gasteiger partial charge in [0.15, 0.2) is 5.76 Å². The SMILES string of the molecule is Cc1cc(Cl)ccc1Oc1cc(NC(=O)c2ccc(COc3ccccc3Cl)o2)cc([N+](=O)[O-])c1. The highest BCUT2D eigenvalue weighted by atomic mass is 35.5. The van der Waals surface area contributed by atoms with Crippen LogP contribution in [0.4, 0.5) is 11.4 Å². The Balaban J connectivity index is 1.48. The van der Waals surface area contributed by atoms with Crippen LogP contribution in [0.25, 0.3) is 0 Å². The summed E-state index contributed by atoms with van der Waals surface area (Å²) in [5.74, 6) is 0.941. The number of rotatable bonds is 8. The first kappa shape index (κ1) is 24.1. The van der Waals surface area contributed by atoms with Crippen molar-refractivity contribution >= 4 is 40.5 Å². The van der Waals surface area contributed by atoms with Gasteiger partial charge in [-0.2, -0.15) is 0 Å². The number of nitrogens with zero attached hydrogens (tertiary/aromatic N) is 1. The molecular weight excluding hydrogens is 495 g/mol. The summed E-state index contributed by atoms with van der Waals surface area (Å²) in [5.41, 5.74) is 0.658. The number of carbonyl (C=O) groups is 1. The fourth-order valence-corrected chi connectivity index (χ4v) is 3.57. The van der Waals surface area contributed by atoms with E-state index in [1.165, 1.54) is 24.3 Å². The van der Waals surface area contributed by atoms with Crippen LogP contribution in [0.5, 0.6) is 17.2 Å². The van der Waals surface area contributed by atoms with Gasteiger partial charge in [0.2, 0.25) is 0 Å². The van der Waals surface area contributed by atoms with E-state index < -0.39 is 10.8 Å². The lowest BCUT2D eigenvalue weighted by atomic mass is 10.2. The maximum absolute atomic E-state index is 12.7. The van der Waals surface area contributed by atoms with E-state index in [-0.39, 0.29) is 29.5 Å². The quantitative estimate of drug-likeness (QED) is 0.194. The van der Waals surface area contributed by atoms with Crippen LogP contribution in [0.1, 0.15) is 21.9 Å². The van der Waals surface area contributed by atoms with E-state index >= 15 is 0 Å². The number of nitrogens with one attached hydrogen (secondary N) is 1. The molecule has 0 atom stereocenters. The van der Waals surface area contributed by atoms with Crippen LogP contribution in [0.2, 0.25) is 10.0 Å². The van der Waals surface area contributed by atoms with E-state index in [0.29, 0.717) is 27.3 Å². The van der Waals surface area contributed by atoms with Crippen LogP contribution in [0, 0.1) is 17.0 Å². The topological polar surface area (TPSA) is 104 Å². The van der Waals surface area contributed by atoms with Gasteiger partial charge in [0.05, 0.1) is 21.7 Å². The van der Waals surface area contributed by atoms with Crippen molar-refractivity contribution in [2.24, 2.45) is 0 Å². The average Bonchev–Trinajstić information content (AvgIpc) is 3.29. The molecule has 35 heavy (non-hydrogen) atoms. The van der Waals surface area contributed by atoms with E-state index in [4.69, 9.17) is 37.1 Å². The summed E-state index contributed by atoms with van der Waals surface area (Å²) in [6.45, 7) is 1.86. The number of anilines is 1. The van der Waals surface area contributed by atoms with Crippen LogP contribution >= 0.6 is 23.2 Å². The van der Waals surface area contributed by atoms with Gasteiger partial charge in [-0.1, -0.05) is 35.3 Å². The van der Waals surface area contributed by atoms with Crippen molar-refractivity contribution in [2.75, 3.05) is 5.32 Å². The van der Waals surface area contributed by atoms with Gasteiger partial charge in [-0.3, -0.25) is 14.9 Å². The van der Waals surface area contributed by atoms with Crippen LogP contribution in [0.3, 0.4) is 0 Å². The molecule has 178 valence electrons. The largest absolute Gasteiger partial charge is 0.484 e. The number of aryl methyl sites for hydroxylation is 1. The highest BCUT2D eigenvalue weighted by Gasteiger charge is 2.17. The van der Waals surface area contributed by atoms with Crippen molar-refractivity contribution < 1.29 is 23.6 Å². The number of hydrogen-bond acceptors (Lipinski definition) is 6. The minimum absolute atomic E-state index is 0.00489. The summed E-state index contributed by atoms with van der Waals surface area (Å²) >= 11 is 12.0. The molecule has 0 radical (unpaired) electrons. The molecule has 0 aliphatic heterocycles. The molecule has 0 aliphatic rings. The number of ether oxygens (including phenoxy) is 2.